The molecule has 1 fully saturated rings. The highest BCUT2D eigenvalue weighted by Gasteiger charge is 2.32. The number of carbonyl (C=O) groups excluding carboxylic acids is 1. The van der Waals surface area contributed by atoms with E-state index in [1.165, 1.54) is 0 Å². The van der Waals surface area contributed by atoms with Gasteiger partial charge < -0.3 is 20.9 Å². The minimum Gasteiger partial charge on any atom is -0.373 e. The first-order chi connectivity index (χ1) is 17.6. The van der Waals surface area contributed by atoms with E-state index in [2.05, 4.69) is 31.1 Å². The van der Waals surface area contributed by atoms with Crippen LogP contribution in [0, 0.1) is 12.8 Å². The lowest BCUT2D eigenvalue weighted by Gasteiger charge is -2.36. The number of carbonyl (C=O) groups is 1. The third-order valence-electron chi connectivity index (χ3n) is 6.09. The van der Waals surface area contributed by atoms with Crippen LogP contribution >= 0.6 is 0 Å². The summed E-state index contributed by atoms with van der Waals surface area (Å²) in [5.74, 6) is 1.75. The summed E-state index contributed by atoms with van der Waals surface area (Å²) in [6.45, 7) is 2.00. The second-order valence-electron chi connectivity index (χ2n) is 9.20. The highest BCUT2D eigenvalue weighted by atomic mass is 32.2. The van der Waals surface area contributed by atoms with Gasteiger partial charge in [-0.2, -0.15) is 8.42 Å². The number of rotatable bonds is 10. The Morgan fingerprint density at radius 2 is 1.73 bits per heavy atom. The van der Waals surface area contributed by atoms with Crippen LogP contribution in [0.1, 0.15) is 28.8 Å². The fourth-order valence-electron chi connectivity index (χ4n) is 3.85. The molecule has 1 aliphatic rings. The van der Waals surface area contributed by atoms with Crippen molar-refractivity contribution in [2.75, 3.05) is 48.6 Å². The summed E-state index contributed by atoms with van der Waals surface area (Å²) in [4.78, 5) is 19.5. The van der Waals surface area contributed by atoms with Crippen molar-refractivity contribution in [1.82, 2.24) is 15.2 Å². The first kappa shape index (κ1) is 26.3. The third kappa shape index (κ3) is 6.52. The molecule has 37 heavy (non-hydrogen) atoms. The Hall–Kier alpha value is -3.77. The Kier molecular flexibility index (Phi) is 7.89. The van der Waals surface area contributed by atoms with Crippen LogP contribution in [0.2, 0.25) is 0 Å². The lowest BCUT2D eigenvalue weighted by atomic mass is 9.81. The number of aryl methyl sites for hydroxylation is 1. The number of nitrogens with zero attached hydrogens (tertiary/aromatic N) is 4. The molecule has 11 nitrogen and oxygen atoms in total. The van der Waals surface area contributed by atoms with Crippen molar-refractivity contribution >= 4 is 39.3 Å². The lowest BCUT2D eigenvalue weighted by molar-refractivity contribution is 0.102. The predicted molar refractivity (Wildman–Crippen MR) is 143 cm³/mol. The number of nitrogens with one attached hydrogen (secondary N) is 3. The fourth-order valence-corrected chi connectivity index (χ4v) is 4.82. The van der Waals surface area contributed by atoms with Gasteiger partial charge in [-0.05, 0) is 62.1 Å². The van der Waals surface area contributed by atoms with E-state index in [0.717, 1.165) is 5.56 Å². The van der Waals surface area contributed by atoms with Crippen molar-refractivity contribution < 1.29 is 17.4 Å². The average Bonchev–Trinajstić information content (AvgIpc) is 2.85. The van der Waals surface area contributed by atoms with E-state index in [1.807, 2.05) is 25.9 Å². The van der Waals surface area contributed by atoms with E-state index in [9.17, 15) is 13.2 Å². The topological polar surface area (TPSA) is 138 Å². The summed E-state index contributed by atoms with van der Waals surface area (Å²) < 4.78 is 30.2. The molecule has 1 amide bonds. The minimum absolute atomic E-state index is 0.0287. The van der Waals surface area contributed by atoms with Gasteiger partial charge in [0, 0.05) is 27.2 Å². The second-order valence-corrected chi connectivity index (χ2v) is 10.8. The normalized spacial score (nSPS) is 17.0. The van der Waals surface area contributed by atoms with Gasteiger partial charge in [0.2, 0.25) is 0 Å². The second kappa shape index (κ2) is 11.1. The van der Waals surface area contributed by atoms with Crippen molar-refractivity contribution in [2.24, 2.45) is 5.92 Å². The van der Waals surface area contributed by atoms with Crippen LogP contribution in [-0.2, 0) is 14.3 Å². The number of benzene rings is 1. The van der Waals surface area contributed by atoms with E-state index >= 15 is 0 Å². The van der Waals surface area contributed by atoms with Crippen molar-refractivity contribution in [3.8, 4) is 0 Å². The van der Waals surface area contributed by atoms with Gasteiger partial charge >= 0.3 is 0 Å². The van der Waals surface area contributed by atoms with E-state index in [1.54, 1.807) is 55.6 Å². The molecule has 1 aliphatic carbocycles. The van der Waals surface area contributed by atoms with Gasteiger partial charge in [-0.1, -0.05) is 17.7 Å². The van der Waals surface area contributed by atoms with Crippen molar-refractivity contribution in [3.63, 3.8) is 0 Å². The number of amides is 1. The molecule has 2 aromatic heterocycles. The molecular formula is C25H31N7O4S. The number of aromatic nitrogens is 3. The molecule has 196 valence electrons. The number of anilines is 4. The number of hydrogen-bond acceptors (Lipinski definition) is 10. The number of hydrogen-bond donors (Lipinski definition) is 3. The smallest absolute Gasteiger partial charge is 0.296 e. The zero-order chi connectivity index (χ0) is 26.6. The molecule has 12 heteroatoms. The monoisotopic (exact) mass is 525 g/mol. The van der Waals surface area contributed by atoms with Gasteiger partial charge in [0.15, 0.2) is 11.6 Å². The molecule has 0 unspecified atom stereocenters. The summed E-state index contributed by atoms with van der Waals surface area (Å²) in [7, 11) is 1.67. The van der Waals surface area contributed by atoms with Crippen LogP contribution in [0.5, 0.6) is 0 Å². The molecular weight excluding hydrogens is 494 g/mol. The maximum absolute atomic E-state index is 13.0. The van der Waals surface area contributed by atoms with Gasteiger partial charge in [0.05, 0.1) is 17.1 Å². The Bertz CT molecular complexity index is 1340. The molecule has 0 bridgehead atoms. The highest BCUT2D eigenvalue weighted by Crippen LogP contribution is 2.32. The summed E-state index contributed by atoms with van der Waals surface area (Å²) in [6.07, 6.45) is 1.38. The summed E-state index contributed by atoms with van der Waals surface area (Å²) >= 11 is 0. The quantitative estimate of drug-likeness (QED) is 0.338. The molecule has 0 atom stereocenters. The Morgan fingerprint density at radius 1 is 1.03 bits per heavy atom. The number of pyridine rings is 1. The molecule has 1 saturated carbocycles. The van der Waals surface area contributed by atoms with E-state index < -0.39 is 10.1 Å². The summed E-state index contributed by atoms with van der Waals surface area (Å²) in [5.41, 5.74) is 1.34. The van der Waals surface area contributed by atoms with E-state index in [0.29, 0.717) is 41.7 Å². The van der Waals surface area contributed by atoms with Crippen LogP contribution in [0.25, 0.3) is 0 Å². The van der Waals surface area contributed by atoms with Gasteiger partial charge in [-0.3, -0.25) is 8.98 Å². The first-order valence-electron chi connectivity index (χ1n) is 11.9. The Labute approximate surface area is 216 Å². The zero-order valence-corrected chi connectivity index (χ0v) is 22.0. The SMILES string of the molecule is CNc1ccc(C(=O)Nc2ccc(N(C)C)nn2)c(NC2CC(COS(=O)(=O)c3ccc(C)cc3)C2)n1. The van der Waals surface area contributed by atoms with Crippen LogP contribution in [-0.4, -0.2) is 63.3 Å². The molecule has 3 N–H and O–H groups in total. The van der Waals surface area contributed by atoms with Crippen molar-refractivity contribution in [2.45, 2.75) is 30.7 Å². The van der Waals surface area contributed by atoms with E-state index in [-0.39, 0.29) is 29.4 Å². The molecule has 0 saturated heterocycles. The summed E-state index contributed by atoms with van der Waals surface area (Å²) in [5, 5.41) is 17.2. The van der Waals surface area contributed by atoms with Crippen LogP contribution in [0.15, 0.2) is 53.4 Å². The first-order valence-corrected chi connectivity index (χ1v) is 13.3. The molecule has 2 heterocycles. The largest absolute Gasteiger partial charge is 0.373 e. The van der Waals surface area contributed by atoms with Crippen LogP contribution in [0.4, 0.5) is 23.3 Å². The van der Waals surface area contributed by atoms with Crippen LogP contribution < -0.4 is 20.9 Å². The molecule has 3 aromatic rings. The standard InChI is InChI=1S/C25H31N7O4S/c1-16-5-7-19(8-6-16)37(34,35)36-15-17-13-18(14-17)27-24-20(9-10-21(26-2)28-24)25(33)29-22-11-12-23(31-30-22)32(3)4/h5-12,17-18H,13-15H2,1-4H3,(H2,26,27,28)(H,29,30,33). The minimum atomic E-state index is -3.80. The summed E-state index contributed by atoms with van der Waals surface area (Å²) in [6, 6.07) is 13.5. The van der Waals surface area contributed by atoms with E-state index in [4.69, 9.17) is 4.18 Å². The van der Waals surface area contributed by atoms with Crippen molar-refractivity contribution in [1.29, 1.82) is 0 Å². The maximum Gasteiger partial charge on any atom is 0.296 e. The molecule has 1 aromatic carbocycles. The van der Waals surface area contributed by atoms with Gasteiger partial charge in [-0.25, -0.2) is 4.98 Å². The van der Waals surface area contributed by atoms with Gasteiger partial charge in [-0.15, -0.1) is 10.2 Å². The highest BCUT2D eigenvalue weighted by molar-refractivity contribution is 7.86. The zero-order valence-electron chi connectivity index (χ0n) is 21.2. The molecule has 0 spiro atoms. The van der Waals surface area contributed by atoms with Gasteiger partial charge in [0.25, 0.3) is 16.0 Å². The van der Waals surface area contributed by atoms with Crippen molar-refractivity contribution in [3.05, 3.63) is 59.7 Å². The fraction of sp³-hybridized carbons (Fsp3) is 0.360. The lowest BCUT2D eigenvalue weighted by Crippen LogP contribution is -2.39. The molecule has 0 radical (unpaired) electrons. The Morgan fingerprint density at radius 3 is 2.35 bits per heavy atom. The predicted octanol–water partition coefficient (Wildman–Crippen LogP) is 3.14. The van der Waals surface area contributed by atoms with Gasteiger partial charge in [0.1, 0.15) is 11.6 Å². The van der Waals surface area contributed by atoms with Crippen LogP contribution in [0.3, 0.4) is 0 Å². The Balaban J connectivity index is 1.36. The molecule has 4 rings (SSSR count). The maximum atomic E-state index is 13.0. The molecule has 0 aliphatic heterocycles. The third-order valence-corrected chi connectivity index (χ3v) is 7.39. The average molecular weight is 526 g/mol.